The van der Waals surface area contributed by atoms with E-state index in [2.05, 4.69) is 5.32 Å². The zero-order chi connectivity index (χ0) is 24.6. The molecule has 3 heterocycles. The van der Waals surface area contributed by atoms with Gasteiger partial charge in [-0.3, -0.25) is 9.59 Å². The van der Waals surface area contributed by atoms with Gasteiger partial charge in [0.1, 0.15) is 16.7 Å². The SMILES string of the molecule is NCCC(=O)Nc1ccc(-c2cccc3c(=O)cc(N4CCOCC4)oc23)c2oc3ccccc3c12. The molecule has 0 aliphatic carbocycles. The minimum absolute atomic E-state index is 0.105. The number of fused-ring (bicyclic) bond motifs is 4. The number of para-hydroxylation sites is 2. The third kappa shape index (κ3) is 3.80. The molecular formula is C28H25N3O5. The number of nitrogens with two attached hydrogens (primary N) is 1. The summed E-state index contributed by atoms with van der Waals surface area (Å²) in [7, 11) is 0. The van der Waals surface area contributed by atoms with Crippen LogP contribution >= 0.6 is 0 Å². The van der Waals surface area contributed by atoms with E-state index in [0.717, 1.165) is 21.9 Å². The predicted molar refractivity (Wildman–Crippen MR) is 141 cm³/mol. The molecule has 0 saturated carbocycles. The van der Waals surface area contributed by atoms with Gasteiger partial charge in [-0.05, 0) is 24.3 Å². The minimum atomic E-state index is -0.164. The topological polar surface area (TPSA) is 111 Å². The molecule has 3 N–H and O–H groups in total. The number of carbonyl (C=O) groups excluding carboxylic acids is 1. The highest BCUT2D eigenvalue weighted by atomic mass is 16.5. The lowest BCUT2D eigenvalue weighted by Gasteiger charge is -2.27. The Kier molecular flexibility index (Phi) is 5.67. The monoisotopic (exact) mass is 483 g/mol. The molecule has 1 aliphatic rings. The van der Waals surface area contributed by atoms with Gasteiger partial charge in [0.25, 0.3) is 0 Å². The summed E-state index contributed by atoms with van der Waals surface area (Å²) >= 11 is 0. The Balaban J connectivity index is 1.59. The number of morpholine rings is 1. The van der Waals surface area contributed by atoms with Gasteiger partial charge >= 0.3 is 0 Å². The summed E-state index contributed by atoms with van der Waals surface area (Å²) in [6, 6.07) is 18.5. The first-order valence-corrected chi connectivity index (χ1v) is 12.0. The number of nitrogens with one attached hydrogen (secondary N) is 1. The van der Waals surface area contributed by atoms with Gasteiger partial charge in [-0.25, -0.2) is 0 Å². The summed E-state index contributed by atoms with van der Waals surface area (Å²) in [4.78, 5) is 27.5. The molecule has 182 valence electrons. The van der Waals surface area contributed by atoms with Crippen molar-refractivity contribution in [3.63, 3.8) is 0 Å². The smallest absolute Gasteiger partial charge is 0.225 e. The van der Waals surface area contributed by atoms with Crippen LogP contribution in [0.3, 0.4) is 0 Å². The van der Waals surface area contributed by atoms with Gasteiger partial charge in [-0.2, -0.15) is 0 Å². The van der Waals surface area contributed by atoms with Gasteiger partial charge in [-0.15, -0.1) is 0 Å². The number of furan rings is 1. The van der Waals surface area contributed by atoms with Gasteiger partial charge in [0.15, 0.2) is 11.3 Å². The largest absolute Gasteiger partial charge is 0.455 e. The number of carbonyl (C=O) groups is 1. The highest BCUT2D eigenvalue weighted by molar-refractivity contribution is 6.18. The lowest BCUT2D eigenvalue weighted by molar-refractivity contribution is -0.116. The third-order valence-electron chi connectivity index (χ3n) is 6.53. The average molecular weight is 484 g/mol. The highest BCUT2D eigenvalue weighted by Gasteiger charge is 2.21. The van der Waals surface area contributed by atoms with Gasteiger partial charge in [0.2, 0.25) is 5.91 Å². The first-order valence-electron chi connectivity index (χ1n) is 12.0. The van der Waals surface area contributed by atoms with E-state index in [1.807, 2.05) is 53.4 Å². The van der Waals surface area contributed by atoms with E-state index in [1.165, 1.54) is 0 Å². The number of hydrogen-bond acceptors (Lipinski definition) is 7. The van der Waals surface area contributed by atoms with Crippen LogP contribution in [0.15, 0.2) is 74.3 Å². The second-order valence-corrected chi connectivity index (χ2v) is 8.78. The van der Waals surface area contributed by atoms with Crippen molar-refractivity contribution in [3.8, 4) is 11.1 Å². The van der Waals surface area contributed by atoms with Crippen molar-refractivity contribution in [2.75, 3.05) is 43.1 Å². The molecule has 36 heavy (non-hydrogen) atoms. The molecule has 0 radical (unpaired) electrons. The average Bonchev–Trinajstić information content (AvgIpc) is 3.29. The Hall–Kier alpha value is -4.14. The van der Waals surface area contributed by atoms with Crippen LogP contribution in [-0.2, 0) is 9.53 Å². The Morgan fingerprint density at radius 3 is 2.53 bits per heavy atom. The first kappa shape index (κ1) is 22.3. The fraction of sp³-hybridized carbons (Fsp3) is 0.214. The van der Waals surface area contributed by atoms with Crippen LogP contribution in [0.4, 0.5) is 11.6 Å². The van der Waals surface area contributed by atoms with Crippen LogP contribution in [-0.4, -0.2) is 38.8 Å². The molecule has 1 saturated heterocycles. The molecule has 8 heteroatoms. The van der Waals surface area contributed by atoms with Crippen molar-refractivity contribution in [2.24, 2.45) is 5.73 Å². The molecule has 1 amide bonds. The van der Waals surface area contributed by atoms with Gasteiger partial charge in [0.05, 0.1) is 29.7 Å². The van der Waals surface area contributed by atoms with Gasteiger partial charge in [-0.1, -0.05) is 30.3 Å². The van der Waals surface area contributed by atoms with Crippen LogP contribution in [0.1, 0.15) is 6.42 Å². The molecular weight excluding hydrogens is 458 g/mol. The second kappa shape index (κ2) is 9.14. The number of nitrogens with zero attached hydrogens (tertiary/aromatic N) is 1. The van der Waals surface area contributed by atoms with E-state index in [4.69, 9.17) is 19.3 Å². The lowest BCUT2D eigenvalue weighted by Crippen LogP contribution is -2.36. The molecule has 0 unspecified atom stereocenters. The molecule has 6 rings (SSSR count). The molecule has 0 atom stereocenters. The second-order valence-electron chi connectivity index (χ2n) is 8.78. The highest BCUT2D eigenvalue weighted by Crippen LogP contribution is 2.42. The summed E-state index contributed by atoms with van der Waals surface area (Å²) in [5, 5.41) is 5.14. The third-order valence-corrected chi connectivity index (χ3v) is 6.53. The number of hydrogen-bond donors (Lipinski definition) is 2. The normalized spacial score (nSPS) is 14.1. The van der Waals surface area contributed by atoms with Crippen LogP contribution in [0.2, 0.25) is 0 Å². The van der Waals surface area contributed by atoms with E-state index in [0.29, 0.717) is 60.0 Å². The number of amides is 1. The Bertz CT molecular complexity index is 1660. The zero-order valence-corrected chi connectivity index (χ0v) is 19.6. The lowest BCUT2D eigenvalue weighted by atomic mass is 9.99. The Labute approximate surface area is 206 Å². The summed E-state index contributed by atoms with van der Waals surface area (Å²) in [6.07, 6.45) is 0.220. The fourth-order valence-electron chi connectivity index (χ4n) is 4.80. The molecule has 0 spiro atoms. The maximum Gasteiger partial charge on any atom is 0.225 e. The van der Waals surface area contributed by atoms with Crippen molar-refractivity contribution in [1.29, 1.82) is 0 Å². The molecule has 2 aromatic heterocycles. The van der Waals surface area contributed by atoms with Crippen molar-refractivity contribution in [2.45, 2.75) is 6.42 Å². The van der Waals surface area contributed by atoms with Crippen LogP contribution in [0.5, 0.6) is 0 Å². The Morgan fingerprint density at radius 1 is 0.917 bits per heavy atom. The van der Waals surface area contributed by atoms with Crippen molar-refractivity contribution in [1.82, 2.24) is 0 Å². The summed E-state index contributed by atoms with van der Waals surface area (Å²) in [6.45, 7) is 2.74. The minimum Gasteiger partial charge on any atom is -0.455 e. The first-order chi connectivity index (χ1) is 17.6. The molecule has 1 aliphatic heterocycles. The van der Waals surface area contributed by atoms with E-state index < -0.39 is 0 Å². The maximum atomic E-state index is 13.1. The van der Waals surface area contributed by atoms with Gasteiger partial charge in [0, 0.05) is 48.6 Å². The van der Waals surface area contributed by atoms with Crippen molar-refractivity contribution < 1.29 is 18.4 Å². The summed E-state index contributed by atoms with van der Waals surface area (Å²) in [5.74, 6) is 0.359. The van der Waals surface area contributed by atoms with E-state index in [1.54, 1.807) is 12.1 Å². The fourth-order valence-corrected chi connectivity index (χ4v) is 4.80. The molecule has 5 aromatic rings. The summed E-state index contributed by atoms with van der Waals surface area (Å²) in [5.41, 5.74) is 9.42. The number of ether oxygens (including phenoxy) is 1. The molecule has 8 nitrogen and oxygen atoms in total. The molecule has 1 fully saturated rings. The van der Waals surface area contributed by atoms with Crippen LogP contribution < -0.4 is 21.4 Å². The number of anilines is 2. The number of rotatable bonds is 5. The summed E-state index contributed by atoms with van der Waals surface area (Å²) < 4.78 is 18.1. The number of benzene rings is 3. The van der Waals surface area contributed by atoms with Crippen LogP contribution in [0, 0.1) is 0 Å². The zero-order valence-electron chi connectivity index (χ0n) is 19.6. The quantitative estimate of drug-likeness (QED) is 0.379. The standard InChI is InChI=1S/C28H25N3O5/c29-11-10-24(33)30-21-9-8-18(28-26(21)20-4-1-2-7-23(20)35-28)17-5-3-6-19-22(32)16-25(36-27(17)19)31-12-14-34-15-13-31/h1-9,16H,10-15,29H2,(H,30,33). The predicted octanol–water partition coefficient (Wildman–Crippen LogP) is 4.48. The van der Waals surface area contributed by atoms with Crippen LogP contribution in [0.25, 0.3) is 44.0 Å². The van der Waals surface area contributed by atoms with E-state index >= 15 is 0 Å². The van der Waals surface area contributed by atoms with E-state index in [-0.39, 0.29) is 24.3 Å². The maximum absolute atomic E-state index is 13.1. The van der Waals surface area contributed by atoms with Crippen molar-refractivity contribution in [3.05, 3.63) is 70.9 Å². The van der Waals surface area contributed by atoms with Crippen molar-refractivity contribution >= 4 is 50.4 Å². The molecule has 3 aromatic carbocycles. The van der Waals surface area contributed by atoms with E-state index in [9.17, 15) is 9.59 Å². The Morgan fingerprint density at radius 2 is 1.69 bits per heavy atom. The molecule has 0 bridgehead atoms. The van der Waals surface area contributed by atoms with Gasteiger partial charge < -0.3 is 29.5 Å².